The molecular weight excluding hydrogens is 283 g/mol. The summed E-state index contributed by atoms with van der Waals surface area (Å²) in [6.07, 6.45) is 0. The number of hydrogen-bond donors (Lipinski definition) is 1. The largest absolute Gasteiger partial charge is 0.323 e. The molecule has 0 saturated heterocycles. The lowest BCUT2D eigenvalue weighted by Gasteiger charge is -2.09. The van der Waals surface area contributed by atoms with Crippen LogP contribution in [0.15, 0.2) is 18.2 Å². The molecule has 0 unspecified atom stereocenters. The summed E-state index contributed by atoms with van der Waals surface area (Å²) in [4.78, 5) is 8.25. The number of aryl methyl sites for hydroxylation is 2. The summed E-state index contributed by atoms with van der Waals surface area (Å²) in [5.41, 5.74) is 2.49. The van der Waals surface area contributed by atoms with E-state index in [0.717, 1.165) is 5.56 Å². The van der Waals surface area contributed by atoms with Gasteiger partial charge in [-0.15, -0.1) is 0 Å². The zero-order chi connectivity index (χ0) is 14.0. The fraction of sp³-hybridized carbons (Fsp3) is 0.154. The molecule has 2 rings (SSSR count). The monoisotopic (exact) mass is 292 g/mol. The zero-order valence-corrected chi connectivity index (χ0v) is 11.8. The molecule has 0 amide bonds. The number of rotatable bonds is 2. The molecule has 0 saturated carbocycles. The van der Waals surface area contributed by atoms with Gasteiger partial charge in [-0.3, -0.25) is 0 Å². The Labute approximate surface area is 121 Å². The Morgan fingerprint density at radius 3 is 2.53 bits per heavy atom. The van der Waals surface area contributed by atoms with Crippen LogP contribution in [0, 0.1) is 25.2 Å². The van der Waals surface area contributed by atoms with E-state index in [0.29, 0.717) is 33.1 Å². The first-order valence-electron chi connectivity index (χ1n) is 5.48. The molecule has 96 valence electrons. The Morgan fingerprint density at radius 2 is 1.84 bits per heavy atom. The van der Waals surface area contributed by atoms with Gasteiger partial charge in [0, 0.05) is 10.7 Å². The maximum atomic E-state index is 8.87. The number of nitrogens with zero attached hydrogens (tertiary/aromatic N) is 3. The molecule has 0 aliphatic rings. The van der Waals surface area contributed by atoms with Crippen molar-refractivity contribution < 1.29 is 0 Å². The van der Waals surface area contributed by atoms with Gasteiger partial charge >= 0.3 is 0 Å². The van der Waals surface area contributed by atoms with Gasteiger partial charge in [-0.25, -0.2) is 9.97 Å². The van der Waals surface area contributed by atoms with Gasteiger partial charge in [0.2, 0.25) is 5.95 Å². The molecule has 1 N–H and O–H groups in total. The van der Waals surface area contributed by atoms with Crippen molar-refractivity contribution in [2.24, 2.45) is 0 Å². The third kappa shape index (κ3) is 3.14. The minimum atomic E-state index is 0.296. The Kier molecular flexibility index (Phi) is 3.89. The number of nitrogens with one attached hydrogen (secondary N) is 1. The summed E-state index contributed by atoms with van der Waals surface area (Å²) >= 11 is 12.2. The molecule has 0 atom stereocenters. The van der Waals surface area contributed by atoms with Crippen molar-refractivity contribution in [3.8, 4) is 6.07 Å². The number of halogens is 2. The van der Waals surface area contributed by atoms with Crippen LogP contribution in [0.4, 0.5) is 11.6 Å². The lowest BCUT2D eigenvalue weighted by Crippen LogP contribution is -2.01. The van der Waals surface area contributed by atoms with E-state index >= 15 is 0 Å². The standard InChI is InChI=1S/C13H10Cl2N4/c1-7-3-11(15)12(5-10(7)14)19-13-17-8(2)4-9(6-16)18-13/h3-5H,1-2H3,(H,17,18,19). The maximum Gasteiger partial charge on any atom is 0.228 e. The average Bonchev–Trinajstić information content (AvgIpc) is 2.35. The molecule has 0 radical (unpaired) electrons. The molecule has 0 bridgehead atoms. The summed E-state index contributed by atoms with van der Waals surface area (Å²) in [6, 6.07) is 7.05. The Balaban J connectivity index is 2.39. The highest BCUT2D eigenvalue weighted by atomic mass is 35.5. The summed E-state index contributed by atoms with van der Waals surface area (Å²) in [5, 5.41) is 13.0. The molecule has 0 aliphatic carbocycles. The van der Waals surface area contributed by atoms with Gasteiger partial charge in [0.25, 0.3) is 0 Å². The number of hydrogen-bond acceptors (Lipinski definition) is 4. The first-order valence-corrected chi connectivity index (χ1v) is 6.23. The van der Waals surface area contributed by atoms with Gasteiger partial charge in [0.1, 0.15) is 11.8 Å². The van der Waals surface area contributed by atoms with Gasteiger partial charge in [0.05, 0.1) is 10.7 Å². The minimum absolute atomic E-state index is 0.296. The second-order valence-electron chi connectivity index (χ2n) is 4.04. The predicted molar refractivity (Wildman–Crippen MR) is 76.0 cm³/mol. The van der Waals surface area contributed by atoms with E-state index in [1.54, 1.807) is 25.1 Å². The number of aromatic nitrogens is 2. The Hall–Kier alpha value is -1.83. The second-order valence-corrected chi connectivity index (χ2v) is 4.85. The Morgan fingerprint density at radius 1 is 1.11 bits per heavy atom. The van der Waals surface area contributed by atoms with Crippen LogP contribution < -0.4 is 5.32 Å². The van der Waals surface area contributed by atoms with Crippen LogP contribution in [-0.2, 0) is 0 Å². The summed E-state index contributed by atoms with van der Waals surface area (Å²) < 4.78 is 0. The van der Waals surface area contributed by atoms with Gasteiger partial charge < -0.3 is 5.32 Å². The van der Waals surface area contributed by atoms with Gasteiger partial charge in [0.15, 0.2) is 0 Å². The first-order chi connectivity index (χ1) is 8.99. The van der Waals surface area contributed by atoms with Gasteiger partial charge in [-0.2, -0.15) is 5.26 Å². The first kappa shape index (κ1) is 13.6. The molecule has 1 aromatic carbocycles. The smallest absolute Gasteiger partial charge is 0.228 e. The van der Waals surface area contributed by atoms with Crippen molar-refractivity contribution in [3.05, 3.63) is 45.2 Å². The molecule has 4 nitrogen and oxygen atoms in total. The van der Waals surface area contributed by atoms with Crippen molar-refractivity contribution in [2.45, 2.75) is 13.8 Å². The molecule has 0 fully saturated rings. The van der Waals surface area contributed by atoms with Crippen molar-refractivity contribution >= 4 is 34.8 Å². The summed E-state index contributed by atoms with van der Waals surface area (Å²) in [5.74, 6) is 0.318. The highest BCUT2D eigenvalue weighted by molar-refractivity contribution is 6.35. The summed E-state index contributed by atoms with van der Waals surface area (Å²) in [6.45, 7) is 3.66. The maximum absolute atomic E-state index is 8.87. The minimum Gasteiger partial charge on any atom is -0.323 e. The molecule has 2 aromatic rings. The third-order valence-electron chi connectivity index (χ3n) is 2.46. The van der Waals surface area contributed by atoms with Gasteiger partial charge in [-0.1, -0.05) is 23.2 Å². The number of anilines is 2. The molecule has 0 aliphatic heterocycles. The topological polar surface area (TPSA) is 61.6 Å². The van der Waals surface area contributed by atoms with Crippen molar-refractivity contribution in [1.82, 2.24) is 9.97 Å². The van der Waals surface area contributed by atoms with E-state index in [9.17, 15) is 0 Å². The van der Waals surface area contributed by atoms with E-state index in [1.165, 1.54) is 0 Å². The highest BCUT2D eigenvalue weighted by Crippen LogP contribution is 2.30. The van der Waals surface area contributed by atoms with Crippen LogP contribution in [0.1, 0.15) is 17.0 Å². The molecule has 6 heteroatoms. The van der Waals surface area contributed by atoms with Crippen LogP contribution >= 0.6 is 23.2 Å². The average molecular weight is 293 g/mol. The van der Waals surface area contributed by atoms with Crippen molar-refractivity contribution in [2.75, 3.05) is 5.32 Å². The van der Waals surface area contributed by atoms with E-state index in [-0.39, 0.29) is 0 Å². The Bertz CT molecular complexity index is 677. The zero-order valence-electron chi connectivity index (χ0n) is 10.3. The predicted octanol–water partition coefficient (Wildman–Crippen LogP) is 4.02. The van der Waals surface area contributed by atoms with E-state index in [4.69, 9.17) is 28.5 Å². The van der Waals surface area contributed by atoms with Crippen molar-refractivity contribution in [1.29, 1.82) is 5.26 Å². The van der Waals surface area contributed by atoms with Crippen LogP contribution in [0.25, 0.3) is 0 Å². The number of benzene rings is 1. The lowest BCUT2D eigenvalue weighted by atomic mass is 10.2. The fourth-order valence-corrected chi connectivity index (χ4v) is 1.97. The van der Waals surface area contributed by atoms with Crippen LogP contribution in [-0.4, -0.2) is 9.97 Å². The second kappa shape index (κ2) is 5.43. The summed E-state index contributed by atoms with van der Waals surface area (Å²) in [7, 11) is 0. The third-order valence-corrected chi connectivity index (χ3v) is 3.18. The molecule has 1 aromatic heterocycles. The SMILES string of the molecule is Cc1cc(C#N)nc(Nc2cc(Cl)c(C)cc2Cl)n1. The van der Waals surface area contributed by atoms with E-state index in [1.807, 2.05) is 13.0 Å². The van der Waals surface area contributed by atoms with Crippen LogP contribution in [0.3, 0.4) is 0 Å². The van der Waals surface area contributed by atoms with Gasteiger partial charge in [-0.05, 0) is 37.6 Å². The van der Waals surface area contributed by atoms with Crippen LogP contribution in [0.5, 0.6) is 0 Å². The lowest BCUT2D eigenvalue weighted by molar-refractivity contribution is 1.09. The normalized spacial score (nSPS) is 10.1. The van der Waals surface area contributed by atoms with Crippen LogP contribution in [0.2, 0.25) is 10.0 Å². The number of nitriles is 1. The molecule has 1 heterocycles. The fourth-order valence-electron chi connectivity index (χ4n) is 1.54. The van der Waals surface area contributed by atoms with E-state index in [2.05, 4.69) is 15.3 Å². The molecular formula is C13H10Cl2N4. The molecule has 0 spiro atoms. The molecule has 19 heavy (non-hydrogen) atoms. The quantitative estimate of drug-likeness (QED) is 0.908. The van der Waals surface area contributed by atoms with E-state index < -0.39 is 0 Å². The van der Waals surface area contributed by atoms with Crippen molar-refractivity contribution in [3.63, 3.8) is 0 Å². The highest BCUT2D eigenvalue weighted by Gasteiger charge is 2.08.